The Kier molecular flexibility index (Phi) is 8.16. The molecule has 0 radical (unpaired) electrons. The molecule has 2 aromatic carbocycles. The molecule has 3 heterocycles. The molecule has 11 nitrogen and oxygen atoms in total. The van der Waals surface area contributed by atoms with E-state index < -0.39 is 18.1 Å². The van der Waals surface area contributed by atoms with Gasteiger partial charge in [0.05, 0.1) is 22.8 Å². The molecule has 5 N–H and O–H groups in total. The summed E-state index contributed by atoms with van der Waals surface area (Å²) < 4.78 is 0. The molecule has 1 aliphatic heterocycles. The van der Waals surface area contributed by atoms with E-state index in [4.69, 9.17) is 11.6 Å². The maximum atomic E-state index is 13.1. The van der Waals surface area contributed by atoms with Crippen molar-refractivity contribution < 1.29 is 19.5 Å². The topological polar surface area (TPSA) is 152 Å². The Balaban J connectivity index is 1.26. The molecule has 2 atom stereocenters. The van der Waals surface area contributed by atoms with Gasteiger partial charge in [-0.05, 0) is 36.3 Å². The average Bonchev–Trinajstić information content (AvgIpc) is 3.41. The number of halogens is 1. The Morgan fingerprint density at radius 1 is 1.15 bits per heavy atom. The first-order chi connectivity index (χ1) is 19.8. The summed E-state index contributed by atoms with van der Waals surface area (Å²) in [7, 11) is 0. The van der Waals surface area contributed by atoms with Gasteiger partial charge in [-0.2, -0.15) is 0 Å². The largest absolute Gasteiger partial charge is 0.465 e. The van der Waals surface area contributed by atoms with E-state index in [9.17, 15) is 19.5 Å². The first-order valence-electron chi connectivity index (χ1n) is 12.9. The number of fused-ring (bicyclic) bond motifs is 1. The Morgan fingerprint density at radius 3 is 2.68 bits per heavy atom. The van der Waals surface area contributed by atoms with Gasteiger partial charge in [0.2, 0.25) is 17.8 Å². The van der Waals surface area contributed by atoms with E-state index in [2.05, 4.69) is 37.5 Å². The molecule has 0 aliphatic carbocycles. The third kappa shape index (κ3) is 6.47. The fourth-order valence-electron chi connectivity index (χ4n) is 4.86. The van der Waals surface area contributed by atoms with E-state index in [1.165, 1.54) is 17.2 Å². The van der Waals surface area contributed by atoms with Gasteiger partial charge in [0, 0.05) is 54.0 Å². The zero-order valence-corrected chi connectivity index (χ0v) is 22.7. The fraction of sp³-hybridized carbons (Fsp3) is 0.207. The Morgan fingerprint density at radius 2 is 1.93 bits per heavy atom. The lowest BCUT2D eigenvalue weighted by Gasteiger charge is -2.36. The predicted molar refractivity (Wildman–Crippen MR) is 157 cm³/mol. The summed E-state index contributed by atoms with van der Waals surface area (Å²) in [6, 6.07) is 14.4. The summed E-state index contributed by atoms with van der Waals surface area (Å²) in [6.07, 6.45) is 3.80. The van der Waals surface area contributed by atoms with Crippen molar-refractivity contribution in [2.45, 2.75) is 19.0 Å². The van der Waals surface area contributed by atoms with Crippen LogP contribution in [0.2, 0.25) is 5.02 Å². The molecule has 5 rings (SSSR count). The van der Waals surface area contributed by atoms with Crippen LogP contribution in [0.4, 0.5) is 16.4 Å². The number of aromatic nitrogens is 3. The molecule has 210 valence electrons. The second-order valence-corrected chi connectivity index (χ2v) is 10.1. The van der Waals surface area contributed by atoms with Crippen LogP contribution in [0.5, 0.6) is 0 Å². The number of carbonyl (C=O) groups is 3. The summed E-state index contributed by atoms with van der Waals surface area (Å²) in [4.78, 5) is 49.8. The number of carboxylic acid groups (broad SMARTS) is 1. The number of piperidine rings is 1. The van der Waals surface area contributed by atoms with E-state index in [0.29, 0.717) is 22.8 Å². The number of hydrogen-bond acceptors (Lipinski definition) is 6. The van der Waals surface area contributed by atoms with Crippen molar-refractivity contribution in [3.8, 4) is 11.3 Å². The monoisotopic (exact) mass is 573 g/mol. The smallest absolute Gasteiger partial charge is 0.407 e. The number of nitrogens with one attached hydrogen (secondary N) is 4. The molecule has 1 aliphatic rings. The number of rotatable bonds is 8. The van der Waals surface area contributed by atoms with Gasteiger partial charge in [-0.1, -0.05) is 48.5 Å². The Hall–Kier alpha value is -4.90. The average molecular weight is 574 g/mol. The summed E-state index contributed by atoms with van der Waals surface area (Å²) in [5.74, 6) is -0.866. The second-order valence-electron chi connectivity index (χ2n) is 9.71. The minimum atomic E-state index is -1.11. The van der Waals surface area contributed by atoms with Crippen molar-refractivity contribution >= 4 is 52.0 Å². The van der Waals surface area contributed by atoms with Crippen LogP contribution in [0.15, 0.2) is 73.6 Å². The number of aromatic amines is 1. The number of amides is 3. The van der Waals surface area contributed by atoms with Gasteiger partial charge >= 0.3 is 6.09 Å². The predicted octanol–water partition coefficient (Wildman–Crippen LogP) is 4.50. The highest BCUT2D eigenvalue weighted by molar-refractivity contribution is 6.33. The van der Waals surface area contributed by atoms with Crippen LogP contribution < -0.4 is 16.0 Å². The molecule has 2 aromatic heterocycles. The highest BCUT2D eigenvalue weighted by Crippen LogP contribution is 2.32. The third-order valence-electron chi connectivity index (χ3n) is 6.89. The van der Waals surface area contributed by atoms with Gasteiger partial charge < -0.3 is 30.9 Å². The lowest BCUT2D eigenvalue weighted by atomic mass is 9.93. The summed E-state index contributed by atoms with van der Waals surface area (Å²) in [5, 5.41) is 19.8. The normalized spacial score (nSPS) is 16.7. The van der Waals surface area contributed by atoms with Crippen molar-refractivity contribution in [3.63, 3.8) is 0 Å². The minimum Gasteiger partial charge on any atom is -0.465 e. The van der Waals surface area contributed by atoms with Crippen LogP contribution in [0.1, 0.15) is 12.0 Å². The van der Waals surface area contributed by atoms with Crippen molar-refractivity contribution in [3.05, 3.63) is 84.2 Å². The Labute approximate surface area is 240 Å². The number of H-pyrrole nitrogens is 1. The zero-order valence-electron chi connectivity index (χ0n) is 21.9. The van der Waals surface area contributed by atoms with Crippen LogP contribution in [-0.2, 0) is 16.1 Å². The van der Waals surface area contributed by atoms with Crippen LogP contribution in [-0.4, -0.2) is 62.0 Å². The van der Waals surface area contributed by atoms with Gasteiger partial charge in [-0.3, -0.25) is 9.59 Å². The van der Waals surface area contributed by atoms with Gasteiger partial charge in [0.1, 0.15) is 0 Å². The molecule has 12 heteroatoms. The zero-order chi connectivity index (χ0) is 28.9. The molecule has 0 bridgehead atoms. The maximum Gasteiger partial charge on any atom is 0.407 e. The number of hydrogen-bond donors (Lipinski definition) is 5. The first-order valence-corrected chi connectivity index (χ1v) is 13.3. The summed E-state index contributed by atoms with van der Waals surface area (Å²) >= 11 is 6.46. The standard InChI is InChI=1S/C29H28ClN7O4/c1-2-25(38)34-19-9-7-17(8-10-19)12-32-27(39)18-11-20(16-37(15-18)29(40)41)35-28-33-14-23(30)26(36-28)22-13-31-24-6-4-3-5-21(22)24/h2-10,13-14,18,20,31H,1,11-12,15-16H2,(H,32,39)(H,34,38)(H,40,41)(H,33,35,36). The lowest BCUT2D eigenvalue weighted by molar-refractivity contribution is -0.126. The molecular weight excluding hydrogens is 546 g/mol. The van der Waals surface area contributed by atoms with E-state index in [1.54, 1.807) is 24.3 Å². The van der Waals surface area contributed by atoms with Gasteiger partial charge in [-0.15, -0.1) is 0 Å². The van der Waals surface area contributed by atoms with Crippen LogP contribution in [0.25, 0.3) is 22.2 Å². The molecule has 0 spiro atoms. The highest BCUT2D eigenvalue weighted by atomic mass is 35.5. The molecule has 41 heavy (non-hydrogen) atoms. The molecule has 3 amide bonds. The van der Waals surface area contributed by atoms with Crippen molar-refractivity contribution in [1.29, 1.82) is 0 Å². The molecule has 1 saturated heterocycles. The number of nitrogens with zero attached hydrogens (tertiary/aromatic N) is 3. The number of carbonyl (C=O) groups excluding carboxylic acids is 2. The molecule has 2 unspecified atom stereocenters. The lowest BCUT2D eigenvalue weighted by Crippen LogP contribution is -2.52. The van der Waals surface area contributed by atoms with E-state index >= 15 is 0 Å². The number of likely N-dealkylation sites (tertiary alicyclic amines) is 1. The summed E-state index contributed by atoms with van der Waals surface area (Å²) in [6.45, 7) is 3.93. The second kappa shape index (κ2) is 12.1. The molecule has 1 fully saturated rings. The van der Waals surface area contributed by atoms with Gasteiger partial charge in [0.15, 0.2) is 0 Å². The number of anilines is 2. The number of benzene rings is 2. The van der Waals surface area contributed by atoms with E-state index in [0.717, 1.165) is 22.0 Å². The van der Waals surface area contributed by atoms with E-state index in [1.807, 2.05) is 30.5 Å². The Bertz CT molecular complexity index is 1600. The molecular formula is C29H28ClN7O4. The van der Waals surface area contributed by atoms with Gasteiger partial charge in [0.25, 0.3) is 0 Å². The minimum absolute atomic E-state index is 0.0773. The molecule has 0 saturated carbocycles. The molecule has 4 aromatic rings. The highest BCUT2D eigenvalue weighted by Gasteiger charge is 2.34. The van der Waals surface area contributed by atoms with Gasteiger partial charge in [-0.25, -0.2) is 14.8 Å². The maximum absolute atomic E-state index is 13.1. The third-order valence-corrected chi connectivity index (χ3v) is 7.16. The van der Waals surface area contributed by atoms with Crippen molar-refractivity contribution in [2.24, 2.45) is 5.92 Å². The summed E-state index contributed by atoms with van der Waals surface area (Å²) in [5.41, 5.74) is 3.74. The van der Waals surface area contributed by atoms with Crippen LogP contribution >= 0.6 is 11.6 Å². The van der Waals surface area contributed by atoms with Crippen LogP contribution in [0, 0.1) is 5.92 Å². The van der Waals surface area contributed by atoms with E-state index in [-0.39, 0.29) is 37.4 Å². The van der Waals surface area contributed by atoms with Crippen LogP contribution in [0.3, 0.4) is 0 Å². The SMILES string of the molecule is C=CC(=O)Nc1ccc(CNC(=O)C2CC(Nc3ncc(Cl)c(-c4c[nH]c5ccccc45)n3)CN(C(=O)O)C2)cc1. The van der Waals surface area contributed by atoms with Crippen molar-refractivity contribution in [2.75, 3.05) is 23.7 Å². The van der Waals surface area contributed by atoms with Crippen molar-refractivity contribution in [1.82, 2.24) is 25.2 Å². The quantitative estimate of drug-likeness (QED) is 0.195. The number of para-hydroxylation sites is 1. The fourth-order valence-corrected chi connectivity index (χ4v) is 5.05. The first kappa shape index (κ1) is 27.7.